The number of carbonyl (C=O) groups is 2. The molecule has 6 heteroatoms. The lowest BCUT2D eigenvalue weighted by Gasteiger charge is -2.31. The molecule has 15 heavy (non-hydrogen) atoms. The number of rotatable bonds is 3. The fourth-order valence-corrected chi connectivity index (χ4v) is 1.67. The summed E-state index contributed by atoms with van der Waals surface area (Å²) in [7, 11) is 0. The summed E-state index contributed by atoms with van der Waals surface area (Å²) < 4.78 is 4.88. The van der Waals surface area contributed by atoms with E-state index in [9.17, 15) is 9.59 Å². The topological polar surface area (TPSA) is 81.4 Å². The van der Waals surface area contributed by atoms with Gasteiger partial charge in [-0.05, 0) is 32.9 Å². The summed E-state index contributed by atoms with van der Waals surface area (Å²) in [6.07, 6.45) is 0.863. The van der Waals surface area contributed by atoms with Gasteiger partial charge in [-0.1, -0.05) is 0 Å². The highest BCUT2D eigenvalue weighted by Crippen LogP contribution is 2.29. The second kappa shape index (κ2) is 5.92. The van der Waals surface area contributed by atoms with E-state index in [-0.39, 0.29) is 19.0 Å². The predicted octanol–water partition coefficient (Wildman–Crippen LogP) is -0.174. The number of halogens is 1. The first-order valence-electron chi connectivity index (χ1n) is 4.81. The van der Waals surface area contributed by atoms with Crippen molar-refractivity contribution in [3.8, 4) is 0 Å². The fourth-order valence-electron chi connectivity index (χ4n) is 1.67. The Bertz CT molecular complexity index is 240. The normalized spacial score (nSPS) is 18.7. The first kappa shape index (κ1) is 14.2. The second-order valence-corrected chi connectivity index (χ2v) is 3.42. The molecule has 0 aliphatic carbocycles. The summed E-state index contributed by atoms with van der Waals surface area (Å²) in [6, 6.07) is 0. The number of carbonyl (C=O) groups excluding carboxylic acids is 2. The quantitative estimate of drug-likeness (QED) is 0.527. The SMILES string of the molecule is CCOC(=O)C1(C(N)=O)CCNCC1.Cl. The molecule has 0 aromatic heterocycles. The Balaban J connectivity index is 0.00000196. The van der Waals surface area contributed by atoms with Crippen LogP contribution in [0.3, 0.4) is 0 Å². The van der Waals surface area contributed by atoms with Crippen LogP contribution in [0.25, 0.3) is 0 Å². The van der Waals surface area contributed by atoms with Gasteiger partial charge in [0.25, 0.3) is 0 Å². The summed E-state index contributed by atoms with van der Waals surface area (Å²) in [6.45, 7) is 3.25. The maximum atomic E-state index is 11.6. The second-order valence-electron chi connectivity index (χ2n) is 3.42. The van der Waals surface area contributed by atoms with E-state index in [1.807, 2.05) is 0 Å². The lowest BCUT2D eigenvalue weighted by Crippen LogP contribution is -2.51. The van der Waals surface area contributed by atoms with Gasteiger partial charge in [0.1, 0.15) is 5.41 Å². The molecule has 3 N–H and O–H groups in total. The van der Waals surface area contributed by atoms with Crippen molar-refractivity contribution in [3.63, 3.8) is 0 Å². The van der Waals surface area contributed by atoms with E-state index >= 15 is 0 Å². The maximum absolute atomic E-state index is 11.6. The monoisotopic (exact) mass is 236 g/mol. The van der Waals surface area contributed by atoms with Crippen molar-refractivity contribution < 1.29 is 14.3 Å². The molecule has 0 radical (unpaired) electrons. The maximum Gasteiger partial charge on any atom is 0.321 e. The summed E-state index contributed by atoms with van der Waals surface area (Å²) in [5.74, 6) is -1.05. The standard InChI is InChI=1S/C9H16N2O3.ClH/c1-2-14-8(13)9(7(10)12)3-5-11-6-4-9;/h11H,2-6H2,1H3,(H2,10,12);1H. The van der Waals surface area contributed by atoms with Gasteiger partial charge in [-0.3, -0.25) is 9.59 Å². The minimum Gasteiger partial charge on any atom is -0.465 e. The Morgan fingerprint density at radius 1 is 1.40 bits per heavy atom. The number of hydrogen-bond donors (Lipinski definition) is 2. The van der Waals surface area contributed by atoms with E-state index in [2.05, 4.69) is 5.32 Å². The number of esters is 1. The zero-order chi connectivity index (χ0) is 10.6. The van der Waals surface area contributed by atoms with Gasteiger partial charge >= 0.3 is 5.97 Å². The van der Waals surface area contributed by atoms with E-state index in [4.69, 9.17) is 10.5 Å². The van der Waals surface area contributed by atoms with Crippen LogP contribution in [0.1, 0.15) is 19.8 Å². The predicted molar refractivity (Wildman–Crippen MR) is 57.6 cm³/mol. The van der Waals surface area contributed by atoms with Crippen molar-refractivity contribution in [2.75, 3.05) is 19.7 Å². The van der Waals surface area contributed by atoms with Gasteiger partial charge in [-0.2, -0.15) is 0 Å². The summed E-state index contributed by atoms with van der Waals surface area (Å²) in [4.78, 5) is 22.9. The molecule has 0 unspecified atom stereocenters. The molecule has 0 atom stereocenters. The highest BCUT2D eigenvalue weighted by atomic mass is 35.5. The van der Waals surface area contributed by atoms with E-state index in [1.54, 1.807) is 6.92 Å². The zero-order valence-electron chi connectivity index (χ0n) is 8.75. The molecule has 1 heterocycles. The lowest BCUT2D eigenvalue weighted by atomic mass is 9.78. The van der Waals surface area contributed by atoms with Crippen LogP contribution < -0.4 is 11.1 Å². The Morgan fingerprint density at radius 2 is 1.93 bits per heavy atom. The first-order chi connectivity index (χ1) is 6.63. The number of nitrogens with two attached hydrogens (primary N) is 1. The highest BCUT2D eigenvalue weighted by molar-refractivity contribution is 6.02. The Hall–Kier alpha value is -0.810. The Morgan fingerprint density at radius 3 is 2.33 bits per heavy atom. The molecule has 0 aromatic rings. The number of amides is 1. The minimum atomic E-state index is -1.10. The number of hydrogen-bond acceptors (Lipinski definition) is 4. The van der Waals surface area contributed by atoms with E-state index < -0.39 is 17.3 Å². The molecule has 1 rings (SSSR count). The van der Waals surface area contributed by atoms with Crippen LogP contribution in [-0.2, 0) is 14.3 Å². The smallest absolute Gasteiger partial charge is 0.321 e. The van der Waals surface area contributed by atoms with E-state index in [0.29, 0.717) is 25.9 Å². The lowest BCUT2D eigenvalue weighted by molar-refractivity contribution is -0.161. The van der Waals surface area contributed by atoms with Crippen LogP contribution in [0.4, 0.5) is 0 Å². The van der Waals surface area contributed by atoms with Crippen LogP contribution in [0.5, 0.6) is 0 Å². The number of nitrogens with one attached hydrogen (secondary N) is 1. The summed E-state index contributed by atoms with van der Waals surface area (Å²) in [5, 5.41) is 3.08. The third-order valence-electron chi connectivity index (χ3n) is 2.59. The van der Waals surface area contributed by atoms with Crippen molar-refractivity contribution in [3.05, 3.63) is 0 Å². The first-order valence-corrected chi connectivity index (χ1v) is 4.81. The van der Waals surface area contributed by atoms with Crippen LogP contribution in [0.15, 0.2) is 0 Å². The molecule has 0 bridgehead atoms. The Labute approximate surface area is 95.1 Å². The van der Waals surface area contributed by atoms with Gasteiger partial charge in [0, 0.05) is 0 Å². The van der Waals surface area contributed by atoms with Gasteiger partial charge in [0.15, 0.2) is 0 Å². The van der Waals surface area contributed by atoms with Crippen LogP contribution in [0, 0.1) is 5.41 Å². The molecular formula is C9H17ClN2O3. The molecular weight excluding hydrogens is 220 g/mol. The van der Waals surface area contributed by atoms with Crippen molar-refractivity contribution >= 4 is 24.3 Å². The van der Waals surface area contributed by atoms with Gasteiger partial charge in [0.05, 0.1) is 6.61 Å². The molecule has 88 valence electrons. The largest absolute Gasteiger partial charge is 0.465 e. The molecule has 1 aliphatic heterocycles. The van der Waals surface area contributed by atoms with Crippen LogP contribution in [0.2, 0.25) is 0 Å². The van der Waals surface area contributed by atoms with Gasteiger partial charge in [0.2, 0.25) is 5.91 Å². The van der Waals surface area contributed by atoms with Crippen molar-refractivity contribution in [2.45, 2.75) is 19.8 Å². The van der Waals surface area contributed by atoms with Crippen molar-refractivity contribution in [1.82, 2.24) is 5.32 Å². The average Bonchev–Trinajstić information content (AvgIpc) is 2.19. The number of primary amides is 1. The summed E-state index contributed by atoms with van der Waals surface area (Å²) in [5.41, 5.74) is 4.17. The van der Waals surface area contributed by atoms with Gasteiger partial charge < -0.3 is 15.8 Å². The average molecular weight is 237 g/mol. The zero-order valence-corrected chi connectivity index (χ0v) is 9.56. The van der Waals surface area contributed by atoms with Gasteiger partial charge in [-0.15, -0.1) is 12.4 Å². The number of piperidine rings is 1. The molecule has 1 aliphatic rings. The molecule has 0 saturated carbocycles. The Kier molecular flexibility index (Phi) is 5.60. The van der Waals surface area contributed by atoms with Gasteiger partial charge in [-0.25, -0.2) is 0 Å². The van der Waals surface area contributed by atoms with Crippen LogP contribution >= 0.6 is 12.4 Å². The minimum absolute atomic E-state index is 0. The molecule has 0 spiro atoms. The fraction of sp³-hybridized carbons (Fsp3) is 0.778. The molecule has 0 aromatic carbocycles. The number of ether oxygens (including phenoxy) is 1. The van der Waals surface area contributed by atoms with Crippen molar-refractivity contribution in [1.29, 1.82) is 0 Å². The van der Waals surface area contributed by atoms with E-state index in [1.165, 1.54) is 0 Å². The molecule has 1 fully saturated rings. The molecule has 1 saturated heterocycles. The third kappa shape index (κ3) is 2.82. The van der Waals surface area contributed by atoms with E-state index in [0.717, 1.165) is 0 Å². The molecule has 5 nitrogen and oxygen atoms in total. The molecule has 1 amide bonds. The van der Waals surface area contributed by atoms with Crippen LogP contribution in [-0.4, -0.2) is 31.6 Å². The third-order valence-corrected chi connectivity index (χ3v) is 2.59. The van der Waals surface area contributed by atoms with Crippen molar-refractivity contribution in [2.24, 2.45) is 11.1 Å². The highest BCUT2D eigenvalue weighted by Gasteiger charge is 2.46. The summed E-state index contributed by atoms with van der Waals surface area (Å²) >= 11 is 0.